The molecule has 1 saturated carbocycles. The van der Waals surface area contributed by atoms with E-state index < -0.39 is 0 Å². The second-order valence-corrected chi connectivity index (χ2v) is 7.07. The van der Waals surface area contributed by atoms with Crippen molar-refractivity contribution < 1.29 is 0 Å². The lowest BCUT2D eigenvalue weighted by atomic mass is 9.83. The van der Waals surface area contributed by atoms with Crippen LogP contribution in [-0.2, 0) is 0 Å². The Labute approximate surface area is 127 Å². The molecule has 1 aliphatic carbocycles. The summed E-state index contributed by atoms with van der Waals surface area (Å²) in [5.74, 6) is 0.635. The summed E-state index contributed by atoms with van der Waals surface area (Å²) in [4.78, 5) is 0. The highest BCUT2D eigenvalue weighted by Crippen LogP contribution is 2.35. The summed E-state index contributed by atoms with van der Waals surface area (Å²) in [5, 5.41) is 0. The average Bonchev–Trinajstić information content (AvgIpc) is 2.31. The van der Waals surface area contributed by atoms with Crippen LogP contribution in [0.2, 0.25) is 0 Å². The van der Waals surface area contributed by atoms with E-state index in [9.17, 15) is 0 Å². The lowest BCUT2D eigenvalue weighted by Crippen LogP contribution is -2.22. The molecule has 2 N–H and O–H groups in total. The molecule has 3 heteroatoms. The number of rotatable bonds is 2. The van der Waals surface area contributed by atoms with Crippen LogP contribution in [0.15, 0.2) is 27.1 Å². The summed E-state index contributed by atoms with van der Waals surface area (Å²) in [5.41, 5.74) is 7.75. The lowest BCUT2D eigenvalue weighted by Gasteiger charge is -2.27. The quantitative estimate of drug-likeness (QED) is 0.719. The summed E-state index contributed by atoms with van der Waals surface area (Å²) in [6.45, 7) is 0. The molecule has 2 rings (SSSR count). The Kier molecular flexibility index (Phi) is 5.71. The van der Waals surface area contributed by atoms with Gasteiger partial charge in [0.2, 0.25) is 0 Å². The maximum Gasteiger partial charge on any atom is 0.0335 e. The van der Waals surface area contributed by atoms with E-state index in [0.29, 0.717) is 5.92 Å². The smallest absolute Gasteiger partial charge is 0.0335 e. The van der Waals surface area contributed by atoms with Crippen molar-refractivity contribution in [1.29, 1.82) is 0 Å². The Hall–Kier alpha value is 0.140. The summed E-state index contributed by atoms with van der Waals surface area (Å²) >= 11 is 7.17. The number of halogens is 2. The zero-order valence-electron chi connectivity index (χ0n) is 10.7. The van der Waals surface area contributed by atoms with Crippen molar-refractivity contribution in [3.05, 3.63) is 32.7 Å². The Morgan fingerprint density at radius 2 is 1.61 bits per heavy atom. The van der Waals surface area contributed by atoms with Crippen LogP contribution in [0.25, 0.3) is 0 Å². The summed E-state index contributed by atoms with van der Waals surface area (Å²) in [6.07, 6.45) is 9.39. The third-order valence-electron chi connectivity index (χ3n) is 3.97. The highest BCUT2D eigenvalue weighted by Gasteiger charge is 2.22. The predicted molar refractivity (Wildman–Crippen MR) is 84.6 cm³/mol. The molecule has 1 aliphatic rings. The summed E-state index contributed by atoms with van der Waals surface area (Å²) in [6, 6.07) is 6.46. The van der Waals surface area contributed by atoms with E-state index in [1.54, 1.807) is 0 Å². The SMILES string of the molecule is NC(c1cc(Br)ccc1Br)C1CCCCCCC1. The highest BCUT2D eigenvalue weighted by molar-refractivity contribution is 9.11. The van der Waals surface area contributed by atoms with Gasteiger partial charge < -0.3 is 5.73 Å². The molecular formula is C15H21Br2N. The first-order chi connectivity index (χ1) is 8.68. The first-order valence-corrected chi connectivity index (χ1v) is 8.47. The standard InChI is InChI=1S/C15H21Br2N/c16-12-8-9-14(17)13(10-12)15(18)11-6-4-2-1-3-5-7-11/h8-11,15H,1-7,18H2. The molecule has 0 amide bonds. The monoisotopic (exact) mass is 373 g/mol. The minimum atomic E-state index is 0.162. The van der Waals surface area contributed by atoms with Crippen molar-refractivity contribution in [3.63, 3.8) is 0 Å². The van der Waals surface area contributed by atoms with Crippen LogP contribution in [0.1, 0.15) is 56.6 Å². The van der Waals surface area contributed by atoms with E-state index >= 15 is 0 Å². The van der Waals surface area contributed by atoms with Crippen molar-refractivity contribution >= 4 is 31.9 Å². The number of hydrogen-bond acceptors (Lipinski definition) is 1. The second-order valence-electron chi connectivity index (χ2n) is 5.30. The highest BCUT2D eigenvalue weighted by atomic mass is 79.9. The summed E-state index contributed by atoms with van der Waals surface area (Å²) in [7, 11) is 0. The fourth-order valence-corrected chi connectivity index (χ4v) is 3.76. The van der Waals surface area contributed by atoms with Crippen LogP contribution in [-0.4, -0.2) is 0 Å². The van der Waals surface area contributed by atoms with Gasteiger partial charge in [0.05, 0.1) is 0 Å². The summed E-state index contributed by atoms with van der Waals surface area (Å²) < 4.78 is 2.25. The van der Waals surface area contributed by atoms with Gasteiger partial charge in [-0.25, -0.2) is 0 Å². The van der Waals surface area contributed by atoms with Crippen molar-refractivity contribution in [1.82, 2.24) is 0 Å². The van der Waals surface area contributed by atoms with Crippen molar-refractivity contribution in [3.8, 4) is 0 Å². The van der Waals surface area contributed by atoms with Gasteiger partial charge in [-0.2, -0.15) is 0 Å². The number of benzene rings is 1. The van der Waals surface area contributed by atoms with E-state index in [0.717, 1.165) is 8.95 Å². The van der Waals surface area contributed by atoms with Crippen molar-refractivity contribution in [2.75, 3.05) is 0 Å². The van der Waals surface area contributed by atoms with Gasteiger partial charge in [-0.15, -0.1) is 0 Å². The predicted octanol–water partition coefficient (Wildman–Crippen LogP) is 5.57. The average molecular weight is 375 g/mol. The minimum absolute atomic E-state index is 0.162. The third-order valence-corrected chi connectivity index (χ3v) is 5.19. The van der Waals surface area contributed by atoms with Gasteiger partial charge in [0.25, 0.3) is 0 Å². The van der Waals surface area contributed by atoms with Crippen LogP contribution in [0, 0.1) is 5.92 Å². The largest absolute Gasteiger partial charge is 0.324 e. The van der Waals surface area contributed by atoms with E-state index in [4.69, 9.17) is 5.73 Å². The minimum Gasteiger partial charge on any atom is -0.324 e. The maximum absolute atomic E-state index is 6.51. The van der Waals surface area contributed by atoms with E-state index in [-0.39, 0.29) is 6.04 Å². The maximum atomic E-state index is 6.51. The fraction of sp³-hybridized carbons (Fsp3) is 0.600. The number of nitrogens with two attached hydrogens (primary N) is 1. The van der Waals surface area contributed by atoms with E-state index in [1.165, 1.54) is 50.5 Å². The molecule has 1 nitrogen and oxygen atoms in total. The van der Waals surface area contributed by atoms with Gasteiger partial charge in [0.1, 0.15) is 0 Å². The molecule has 0 aromatic heterocycles. The first kappa shape index (κ1) is 14.5. The van der Waals surface area contributed by atoms with Crippen LogP contribution in [0.4, 0.5) is 0 Å². The van der Waals surface area contributed by atoms with Gasteiger partial charge in [-0.05, 0) is 42.5 Å². The topological polar surface area (TPSA) is 26.0 Å². The van der Waals surface area contributed by atoms with Crippen LogP contribution < -0.4 is 5.73 Å². The van der Waals surface area contributed by atoms with Gasteiger partial charge in [0, 0.05) is 15.0 Å². The van der Waals surface area contributed by atoms with Gasteiger partial charge in [-0.3, -0.25) is 0 Å². The van der Waals surface area contributed by atoms with Crippen LogP contribution in [0.3, 0.4) is 0 Å². The molecule has 18 heavy (non-hydrogen) atoms. The van der Waals surface area contributed by atoms with Crippen molar-refractivity contribution in [2.45, 2.75) is 51.0 Å². The van der Waals surface area contributed by atoms with Crippen molar-refractivity contribution in [2.24, 2.45) is 11.7 Å². The molecule has 100 valence electrons. The Morgan fingerprint density at radius 3 is 2.28 bits per heavy atom. The Bertz CT molecular complexity index is 384. The van der Waals surface area contributed by atoms with Crippen LogP contribution >= 0.6 is 31.9 Å². The number of hydrogen-bond donors (Lipinski definition) is 1. The molecule has 0 bridgehead atoms. The fourth-order valence-electron chi connectivity index (χ4n) is 2.87. The molecule has 1 atom stereocenters. The molecule has 0 saturated heterocycles. The van der Waals surface area contributed by atoms with Gasteiger partial charge in [0.15, 0.2) is 0 Å². The second kappa shape index (κ2) is 7.06. The Balaban J connectivity index is 2.12. The Morgan fingerprint density at radius 1 is 1.00 bits per heavy atom. The van der Waals surface area contributed by atoms with E-state index in [2.05, 4.69) is 50.1 Å². The molecule has 1 aromatic carbocycles. The first-order valence-electron chi connectivity index (χ1n) is 6.89. The van der Waals surface area contributed by atoms with Gasteiger partial charge >= 0.3 is 0 Å². The zero-order chi connectivity index (χ0) is 13.0. The zero-order valence-corrected chi connectivity index (χ0v) is 13.8. The third kappa shape index (κ3) is 3.82. The molecule has 1 unspecified atom stereocenters. The molecule has 0 heterocycles. The molecule has 1 aromatic rings. The molecule has 0 spiro atoms. The molecular weight excluding hydrogens is 354 g/mol. The van der Waals surface area contributed by atoms with Gasteiger partial charge in [-0.1, -0.05) is 64.0 Å². The normalized spacial score (nSPS) is 20.2. The van der Waals surface area contributed by atoms with Crippen LogP contribution in [0.5, 0.6) is 0 Å². The van der Waals surface area contributed by atoms with E-state index in [1.807, 2.05) is 0 Å². The lowest BCUT2D eigenvalue weighted by molar-refractivity contribution is 0.327. The molecule has 1 fully saturated rings. The molecule has 0 aliphatic heterocycles. The molecule has 0 radical (unpaired) electrons.